The van der Waals surface area contributed by atoms with Crippen LogP contribution in [0, 0.1) is 5.82 Å². The SMILES string of the molecule is NNC(c1ccc(Cl)cc1F)c1cccc2c1OCCO2. The van der Waals surface area contributed by atoms with E-state index < -0.39 is 11.9 Å². The summed E-state index contributed by atoms with van der Waals surface area (Å²) in [6.07, 6.45) is 0. The van der Waals surface area contributed by atoms with E-state index in [0.717, 1.165) is 5.56 Å². The first kappa shape index (κ1) is 14.1. The van der Waals surface area contributed by atoms with Crippen molar-refractivity contribution in [2.75, 3.05) is 13.2 Å². The first-order chi connectivity index (χ1) is 10.2. The van der Waals surface area contributed by atoms with Crippen molar-refractivity contribution in [3.63, 3.8) is 0 Å². The molecule has 0 amide bonds. The summed E-state index contributed by atoms with van der Waals surface area (Å²) < 4.78 is 25.3. The van der Waals surface area contributed by atoms with Crippen LogP contribution in [0.5, 0.6) is 11.5 Å². The lowest BCUT2D eigenvalue weighted by atomic mass is 9.97. The molecule has 1 aliphatic rings. The molecule has 1 heterocycles. The smallest absolute Gasteiger partial charge is 0.166 e. The lowest BCUT2D eigenvalue weighted by molar-refractivity contribution is 0.169. The van der Waals surface area contributed by atoms with Gasteiger partial charge in [0.2, 0.25) is 0 Å². The summed E-state index contributed by atoms with van der Waals surface area (Å²) in [5.41, 5.74) is 3.74. The number of halogens is 2. The molecule has 2 aromatic rings. The Hall–Kier alpha value is -1.82. The molecule has 1 aliphatic heterocycles. The molecule has 3 rings (SSSR count). The second kappa shape index (κ2) is 5.89. The highest BCUT2D eigenvalue weighted by Crippen LogP contribution is 2.39. The molecule has 1 atom stereocenters. The lowest BCUT2D eigenvalue weighted by Gasteiger charge is -2.25. The molecule has 6 heteroatoms. The minimum atomic E-state index is -0.557. The van der Waals surface area contributed by atoms with Crippen LogP contribution in [0.25, 0.3) is 0 Å². The molecule has 3 N–H and O–H groups in total. The molecule has 1 unspecified atom stereocenters. The van der Waals surface area contributed by atoms with Crippen LogP contribution in [0.4, 0.5) is 4.39 Å². The minimum absolute atomic E-state index is 0.335. The highest BCUT2D eigenvalue weighted by atomic mass is 35.5. The van der Waals surface area contributed by atoms with Crippen LogP contribution in [0.2, 0.25) is 5.02 Å². The average Bonchev–Trinajstić information content (AvgIpc) is 2.50. The van der Waals surface area contributed by atoms with E-state index in [1.165, 1.54) is 6.07 Å². The van der Waals surface area contributed by atoms with Gasteiger partial charge in [-0.05, 0) is 18.2 Å². The number of ether oxygens (including phenoxy) is 2. The summed E-state index contributed by atoms with van der Waals surface area (Å²) in [6.45, 7) is 0.941. The van der Waals surface area contributed by atoms with Crippen LogP contribution < -0.4 is 20.7 Å². The molecule has 0 aliphatic carbocycles. The third-order valence-electron chi connectivity index (χ3n) is 3.35. The second-order valence-electron chi connectivity index (χ2n) is 4.64. The van der Waals surface area contributed by atoms with Crippen LogP contribution in [0.3, 0.4) is 0 Å². The summed E-state index contributed by atoms with van der Waals surface area (Å²) in [5.74, 6) is 6.42. The molecule has 0 saturated heterocycles. The quantitative estimate of drug-likeness (QED) is 0.676. The normalized spacial score (nSPS) is 14.8. The molecule has 0 bridgehead atoms. The van der Waals surface area contributed by atoms with Crippen molar-refractivity contribution in [1.29, 1.82) is 0 Å². The van der Waals surface area contributed by atoms with E-state index in [1.807, 2.05) is 18.2 Å². The van der Waals surface area contributed by atoms with Gasteiger partial charge in [0.25, 0.3) is 0 Å². The predicted octanol–water partition coefficient (Wildman–Crippen LogP) is 2.80. The van der Waals surface area contributed by atoms with Crippen molar-refractivity contribution in [3.8, 4) is 11.5 Å². The first-order valence-corrected chi connectivity index (χ1v) is 6.88. The molecule has 0 spiro atoms. The number of para-hydroxylation sites is 1. The third kappa shape index (κ3) is 2.68. The Morgan fingerprint density at radius 2 is 1.95 bits per heavy atom. The zero-order chi connectivity index (χ0) is 14.8. The fourth-order valence-corrected chi connectivity index (χ4v) is 2.57. The number of hydrogen-bond acceptors (Lipinski definition) is 4. The Balaban J connectivity index is 2.08. The van der Waals surface area contributed by atoms with E-state index in [0.29, 0.717) is 35.3 Å². The Kier molecular flexibility index (Phi) is 3.96. The summed E-state index contributed by atoms with van der Waals surface area (Å²) in [4.78, 5) is 0. The van der Waals surface area contributed by atoms with E-state index in [9.17, 15) is 4.39 Å². The summed E-state index contributed by atoms with van der Waals surface area (Å²) in [6, 6.07) is 9.38. The van der Waals surface area contributed by atoms with Gasteiger partial charge in [0.05, 0.1) is 6.04 Å². The number of nitrogens with two attached hydrogens (primary N) is 1. The van der Waals surface area contributed by atoms with Gasteiger partial charge in [0.15, 0.2) is 11.5 Å². The Labute approximate surface area is 126 Å². The van der Waals surface area contributed by atoms with Crippen molar-refractivity contribution in [3.05, 3.63) is 58.4 Å². The van der Waals surface area contributed by atoms with E-state index in [1.54, 1.807) is 12.1 Å². The topological polar surface area (TPSA) is 56.5 Å². The number of nitrogens with one attached hydrogen (secondary N) is 1. The number of fused-ring (bicyclic) bond motifs is 1. The van der Waals surface area contributed by atoms with E-state index in [2.05, 4.69) is 5.43 Å². The third-order valence-corrected chi connectivity index (χ3v) is 3.58. The Morgan fingerprint density at radius 1 is 1.14 bits per heavy atom. The van der Waals surface area contributed by atoms with Gasteiger partial charge in [-0.2, -0.15) is 0 Å². The van der Waals surface area contributed by atoms with Gasteiger partial charge in [0, 0.05) is 16.1 Å². The zero-order valence-electron chi connectivity index (χ0n) is 11.1. The van der Waals surface area contributed by atoms with Crippen LogP contribution >= 0.6 is 11.6 Å². The van der Waals surface area contributed by atoms with Gasteiger partial charge in [-0.25, -0.2) is 9.82 Å². The standard InChI is InChI=1S/C15H14ClFN2O2/c16-9-4-5-10(12(17)8-9)14(19-18)11-2-1-3-13-15(11)21-7-6-20-13/h1-5,8,14,19H,6-7,18H2. The van der Waals surface area contributed by atoms with Crippen molar-refractivity contribution in [2.45, 2.75) is 6.04 Å². The molecule has 0 aromatic heterocycles. The molecule has 4 nitrogen and oxygen atoms in total. The van der Waals surface area contributed by atoms with Gasteiger partial charge in [-0.3, -0.25) is 5.84 Å². The monoisotopic (exact) mass is 308 g/mol. The van der Waals surface area contributed by atoms with E-state index >= 15 is 0 Å². The molecule has 21 heavy (non-hydrogen) atoms. The van der Waals surface area contributed by atoms with Crippen LogP contribution in [-0.2, 0) is 0 Å². The maximum atomic E-state index is 14.2. The summed E-state index contributed by atoms with van der Waals surface area (Å²) in [7, 11) is 0. The van der Waals surface area contributed by atoms with Gasteiger partial charge in [-0.15, -0.1) is 0 Å². The van der Waals surface area contributed by atoms with Crippen molar-refractivity contribution in [2.24, 2.45) is 5.84 Å². The number of benzene rings is 2. The molecule has 0 fully saturated rings. The molecule has 0 radical (unpaired) electrons. The second-order valence-corrected chi connectivity index (χ2v) is 5.07. The molecular weight excluding hydrogens is 295 g/mol. The van der Waals surface area contributed by atoms with Crippen LogP contribution in [-0.4, -0.2) is 13.2 Å². The van der Waals surface area contributed by atoms with Gasteiger partial charge in [0.1, 0.15) is 19.0 Å². The Morgan fingerprint density at radius 3 is 2.71 bits per heavy atom. The van der Waals surface area contributed by atoms with Crippen molar-refractivity contribution in [1.82, 2.24) is 5.43 Å². The maximum Gasteiger partial charge on any atom is 0.166 e. The van der Waals surface area contributed by atoms with Crippen molar-refractivity contribution >= 4 is 11.6 Å². The van der Waals surface area contributed by atoms with Gasteiger partial charge >= 0.3 is 0 Å². The van der Waals surface area contributed by atoms with E-state index in [-0.39, 0.29) is 0 Å². The summed E-state index contributed by atoms with van der Waals surface area (Å²) in [5, 5.41) is 0.335. The van der Waals surface area contributed by atoms with E-state index in [4.69, 9.17) is 26.9 Å². The maximum absolute atomic E-state index is 14.2. The first-order valence-electron chi connectivity index (χ1n) is 6.50. The van der Waals surface area contributed by atoms with Gasteiger partial charge in [-0.1, -0.05) is 29.8 Å². The lowest BCUT2D eigenvalue weighted by Crippen LogP contribution is -2.30. The summed E-state index contributed by atoms with van der Waals surface area (Å²) >= 11 is 5.79. The minimum Gasteiger partial charge on any atom is -0.486 e. The number of rotatable bonds is 3. The Bertz CT molecular complexity index is 666. The molecule has 0 saturated carbocycles. The fraction of sp³-hybridized carbons (Fsp3) is 0.200. The van der Waals surface area contributed by atoms with Crippen LogP contribution in [0.1, 0.15) is 17.2 Å². The molecule has 110 valence electrons. The predicted molar refractivity (Wildman–Crippen MR) is 78.0 cm³/mol. The zero-order valence-corrected chi connectivity index (χ0v) is 11.9. The van der Waals surface area contributed by atoms with Gasteiger partial charge < -0.3 is 9.47 Å². The fourth-order valence-electron chi connectivity index (χ4n) is 2.41. The largest absolute Gasteiger partial charge is 0.486 e. The number of hydrazine groups is 1. The highest BCUT2D eigenvalue weighted by Gasteiger charge is 2.24. The average molecular weight is 309 g/mol. The number of hydrogen-bond donors (Lipinski definition) is 2. The van der Waals surface area contributed by atoms with Crippen molar-refractivity contribution < 1.29 is 13.9 Å². The van der Waals surface area contributed by atoms with Crippen LogP contribution in [0.15, 0.2) is 36.4 Å². The molecular formula is C15H14ClFN2O2. The highest BCUT2D eigenvalue weighted by molar-refractivity contribution is 6.30. The molecule has 2 aromatic carbocycles.